The maximum absolute atomic E-state index is 11.7. The summed E-state index contributed by atoms with van der Waals surface area (Å²) in [7, 11) is 0. The van der Waals surface area contributed by atoms with E-state index in [2.05, 4.69) is 26.6 Å². The van der Waals surface area contributed by atoms with Gasteiger partial charge in [-0.2, -0.15) is 0 Å². The molecule has 1 unspecified atom stereocenters. The van der Waals surface area contributed by atoms with Crippen LogP contribution in [0.2, 0.25) is 0 Å². The molecule has 104 valence electrons. The minimum Gasteiger partial charge on any atom is -0.480 e. The fourth-order valence-corrected chi connectivity index (χ4v) is 1.63. The lowest BCUT2D eigenvalue weighted by molar-refractivity contribution is -0.144. The van der Waals surface area contributed by atoms with Gasteiger partial charge < -0.3 is 10.4 Å². The predicted molar refractivity (Wildman–Crippen MR) is 77.1 cm³/mol. The van der Waals surface area contributed by atoms with Crippen molar-refractivity contribution in [2.75, 3.05) is 11.9 Å². The highest BCUT2D eigenvalue weighted by molar-refractivity contribution is 9.10. The van der Waals surface area contributed by atoms with E-state index in [-0.39, 0.29) is 12.5 Å². The van der Waals surface area contributed by atoms with Gasteiger partial charge in [0, 0.05) is 10.2 Å². The number of rotatable bonds is 6. The number of carboxylic acids is 1. The van der Waals surface area contributed by atoms with E-state index in [9.17, 15) is 9.59 Å². The van der Waals surface area contributed by atoms with Crippen molar-refractivity contribution in [3.8, 4) is 0 Å². The summed E-state index contributed by atoms with van der Waals surface area (Å²) in [5.74, 6) is -1.24. The topological polar surface area (TPSA) is 78.4 Å². The van der Waals surface area contributed by atoms with Gasteiger partial charge in [0.2, 0.25) is 5.91 Å². The Morgan fingerprint density at radius 2 is 1.89 bits per heavy atom. The Balaban J connectivity index is 2.52. The normalized spacial score (nSPS) is 13.6. The number of carboxylic acid groups (broad SMARTS) is 1. The molecule has 0 fully saturated rings. The van der Waals surface area contributed by atoms with Gasteiger partial charge in [0.25, 0.3) is 0 Å². The maximum Gasteiger partial charge on any atom is 0.323 e. The van der Waals surface area contributed by atoms with Crippen molar-refractivity contribution >= 4 is 33.5 Å². The number of anilines is 1. The number of hydrogen-bond donors (Lipinski definition) is 3. The lowest BCUT2D eigenvalue weighted by atomic mass is 9.99. The second-order valence-electron chi connectivity index (χ2n) is 4.40. The molecule has 0 heterocycles. The third kappa shape index (κ3) is 4.65. The van der Waals surface area contributed by atoms with Crippen molar-refractivity contribution in [1.29, 1.82) is 0 Å². The minimum atomic E-state index is -1.09. The minimum absolute atomic E-state index is 0.0489. The van der Waals surface area contributed by atoms with Crippen LogP contribution in [0.25, 0.3) is 0 Å². The average Bonchev–Trinajstić information content (AvgIpc) is 2.38. The molecule has 0 aliphatic carbocycles. The van der Waals surface area contributed by atoms with Crippen LogP contribution >= 0.6 is 15.9 Å². The van der Waals surface area contributed by atoms with Crippen LogP contribution in [0.3, 0.4) is 0 Å². The quantitative estimate of drug-likeness (QED) is 0.748. The van der Waals surface area contributed by atoms with Gasteiger partial charge in [0.05, 0.1) is 6.54 Å². The molecule has 6 heteroatoms. The summed E-state index contributed by atoms with van der Waals surface area (Å²) in [6.45, 7) is 3.27. The average molecular weight is 329 g/mol. The van der Waals surface area contributed by atoms with E-state index in [0.29, 0.717) is 12.1 Å². The van der Waals surface area contributed by atoms with E-state index in [1.165, 1.54) is 0 Å². The van der Waals surface area contributed by atoms with E-state index < -0.39 is 11.5 Å². The van der Waals surface area contributed by atoms with Gasteiger partial charge in [-0.1, -0.05) is 22.9 Å². The molecule has 0 bridgehead atoms. The van der Waals surface area contributed by atoms with Gasteiger partial charge in [-0.15, -0.1) is 0 Å². The van der Waals surface area contributed by atoms with Crippen molar-refractivity contribution in [3.05, 3.63) is 28.7 Å². The monoisotopic (exact) mass is 328 g/mol. The summed E-state index contributed by atoms with van der Waals surface area (Å²) in [4.78, 5) is 22.8. The molecule has 19 heavy (non-hydrogen) atoms. The Bertz CT molecular complexity index is 461. The molecule has 5 nitrogen and oxygen atoms in total. The number of hydrogen-bond acceptors (Lipinski definition) is 3. The van der Waals surface area contributed by atoms with E-state index in [1.54, 1.807) is 26.0 Å². The van der Waals surface area contributed by atoms with Crippen LogP contribution in [-0.4, -0.2) is 29.1 Å². The van der Waals surface area contributed by atoms with E-state index >= 15 is 0 Å². The molecule has 3 N–H and O–H groups in total. The Kier molecular flexibility index (Phi) is 5.50. The van der Waals surface area contributed by atoms with Crippen molar-refractivity contribution in [1.82, 2.24) is 5.32 Å². The Morgan fingerprint density at radius 3 is 2.37 bits per heavy atom. The number of amides is 1. The summed E-state index contributed by atoms with van der Waals surface area (Å²) in [5.41, 5.74) is -0.416. The first-order valence-corrected chi connectivity index (χ1v) is 6.70. The van der Waals surface area contributed by atoms with Crippen molar-refractivity contribution in [2.24, 2.45) is 0 Å². The summed E-state index contributed by atoms with van der Waals surface area (Å²) >= 11 is 3.30. The Morgan fingerprint density at radius 1 is 1.32 bits per heavy atom. The van der Waals surface area contributed by atoms with E-state index in [0.717, 1.165) is 4.47 Å². The molecular formula is C13H17BrN2O3. The molecule has 1 aromatic carbocycles. The third-order valence-corrected chi connectivity index (χ3v) is 3.47. The summed E-state index contributed by atoms with van der Waals surface area (Å²) in [6, 6.07) is 7.16. The van der Waals surface area contributed by atoms with Crippen LogP contribution in [0.1, 0.15) is 20.3 Å². The first-order chi connectivity index (χ1) is 8.87. The molecule has 1 amide bonds. The molecule has 0 aliphatic rings. The van der Waals surface area contributed by atoms with Crippen LogP contribution < -0.4 is 10.6 Å². The summed E-state index contributed by atoms with van der Waals surface area (Å²) in [5, 5.41) is 14.5. The zero-order valence-electron chi connectivity index (χ0n) is 10.9. The molecule has 0 saturated carbocycles. The summed E-state index contributed by atoms with van der Waals surface area (Å²) < 4.78 is 0.924. The molecule has 0 radical (unpaired) electrons. The van der Waals surface area contributed by atoms with E-state index in [4.69, 9.17) is 5.11 Å². The van der Waals surface area contributed by atoms with Crippen molar-refractivity contribution in [3.63, 3.8) is 0 Å². The highest BCUT2D eigenvalue weighted by Crippen LogP contribution is 2.14. The number of halogens is 1. The molecule has 0 aromatic heterocycles. The van der Waals surface area contributed by atoms with Gasteiger partial charge in [0.15, 0.2) is 0 Å². The standard InChI is InChI=1S/C13H17BrN2O3/c1-3-13(2,12(18)19)15-8-11(17)16-10-6-4-9(14)5-7-10/h4-7,15H,3,8H2,1-2H3,(H,16,17)(H,18,19). The number of benzene rings is 1. The Labute approximate surface area is 120 Å². The smallest absolute Gasteiger partial charge is 0.323 e. The van der Waals surface area contributed by atoms with Crippen LogP contribution in [0.4, 0.5) is 5.69 Å². The van der Waals surface area contributed by atoms with Crippen LogP contribution in [0, 0.1) is 0 Å². The number of aliphatic carboxylic acids is 1. The molecule has 1 aromatic rings. The zero-order valence-corrected chi connectivity index (χ0v) is 12.5. The zero-order chi connectivity index (χ0) is 14.5. The fourth-order valence-electron chi connectivity index (χ4n) is 1.37. The van der Waals surface area contributed by atoms with Gasteiger partial charge in [-0.05, 0) is 37.6 Å². The molecule has 0 spiro atoms. The van der Waals surface area contributed by atoms with Crippen LogP contribution in [-0.2, 0) is 9.59 Å². The lowest BCUT2D eigenvalue weighted by Crippen LogP contribution is -2.51. The largest absolute Gasteiger partial charge is 0.480 e. The SMILES string of the molecule is CCC(C)(NCC(=O)Nc1ccc(Br)cc1)C(=O)O. The first kappa shape index (κ1) is 15.7. The van der Waals surface area contributed by atoms with Gasteiger partial charge in [0.1, 0.15) is 5.54 Å². The highest BCUT2D eigenvalue weighted by atomic mass is 79.9. The van der Waals surface area contributed by atoms with Gasteiger partial charge in [-0.3, -0.25) is 14.9 Å². The second-order valence-corrected chi connectivity index (χ2v) is 5.32. The summed E-state index contributed by atoms with van der Waals surface area (Å²) in [6.07, 6.45) is 0.397. The van der Waals surface area contributed by atoms with Crippen LogP contribution in [0.5, 0.6) is 0 Å². The Hall–Kier alpha value is -1.40. The molecule has 1 atom stereocenters. The highest BCUT2D eigenvalue weighted by Gasteiger charge is 2.30. The first-order valence-electron chi connectivity index (χ1n) is 5.91. The number of carbonyl (C=O) groups excluding carboxylic acids is 1. The van der Waals surface area contributed by atoms with Gasteiger partial charge in [-0.25, -0.2) is 0 Å². The predicted octanol–water partition coefficient (Wildman–Crippen LogP) is 2.23. The third-order valence-electron chi connectivity index (χ3n) is 2.95. The molecule has 1 rings (SSSR count). The van der Waals surface area contributed by atoms with Crippen LogP contribution in [0.15, 0.2) is 28.7 Å². The van der Waals surface area contributed by atoms with E-state index in [1.807, 2.05) is 12.1 Å². The second kappa shape index (κ2) is 6.68. The number of nitrogens with one attached hydrogen (secondary N) is 2. The van der Waals surface area contributed by atoms with Crippen molar-refractivity contribution < 1.29 is 14.7 Å². The van der Waals surface area contributed by atoms with Crippen molar-refractivity contribution in [2.45, 2.75) is 25.8 Å². The van der Waals surface area contributed by atoms with Gasteiger partial charge >= 0.3 is 5.97 Å². The lowest BCUT2D eigenvalue weighted by Gasteiger charge is -2.24. The molecular weight excluding hydrogens is 312 g/mol. The molecule has 0 aliphatic heterocycles. The number of carbonyl (C=O) groups is 2. The molecule has 0 saturated heterocycles. The maximum atomic E-state index is 11.7. The fraction of sp³-hybridized carbons (Fsp3) is 0.385.